The van der Waals surface area contributed by atoms with Gasteiger partial charge in [-0.3, -0.25) is 0 Å². The van der Waals surface area contributed by atoms with Crippen molar-refractivity contribution in [2.45, 2.75) is 17.4 Å². The fraction of sp³-hybridized carbons (Fsp3) is 0.364. The van der Waals surface area contributed by atoms with Crippen molar-refractivity contribution in [3.8, 4) is 6.07 Å². The molecule has 1 aromatic rings. The summed E-state index contributed by atoms with van der Waals surface area (Å²) in [6.45, 7) is 0.825. The molecule has 2 N–H and O–H groups in total. The molecule has 0 unspecified atom stereocenters. The molecule has 1 saturated heterocycles. The molecule has 7 heteroatoms. The minimum Gasteiger partial charge on any atom is -0.326 e. The number of hydrogen-bond donors (Lipinski definition) is 1. The van der Waals surface area contributed by atoms with Crippen LogP contribution in [0.2, 0.25) is 0 Å². The minimum atomic E-state index is -3.45. The van der Waals surface area contributed by atoms with Gasteiger partial charge in [-0.2, -0.15) is 9.57 Å². The zero-order valence-corrected chi connectivity index (χ0v) is 11.2. The molecular formula is C11H14ClN3O2S. The molecule has 1 aliphatic heterocycles. The number of nitrogens with two attached hydrogens (primary N) is 1. The summed E-state index contributed by atoms with van der Waals surface area (Å²) in [5.41, 5.74) is 6.14. The van der Waals surface area contributed by atoms with Gasteiger partial charge >= 0.3 is 0 Å². The normalized spacial score (nSPS) is 20.1. The summed E-state index contributed by atoms with van der Waals surface area (Å²) in [5.74, 6) is 0. The van der Waals surface area contributed by atoms with Gasteiger partial charge in [0.15, 0.2) is 0 Å². The van der Waals surface area contributed by atoms with Crippen molar-refractivity contribution in [3.63, 3.8) is 0 Å². The Hall–Kier alpha value is -1.13. The van der Waals surface area contributed by atoms with E-state index in [0.717, 1.165) is 0 Å². The fourth-order valence-electron chi connectivity index (χ4n) is 1.82. The first-order valence-corrected chi connectivity index (χ1v) is 6.74. The minimum absolute atomic E-state index is 0. The average molecular weight is 288 g/mol. The molecular weight excluding hydrogens is 274 g/mol. The maximum Gasteiger partial charge on any atom is 0.243 e. The van der Waals surface area contributed by atoms with Crippen molar-refractivity contribution in [2.24, 2.45) is 5.73 Å². The predicted octanol–water partition coefficient (Wildman–Crippen LogP) is 0.702. The molecule has 0 bridgehead atoms. The molecule has 1 aliphatic rings. The number of sulfonamides is 1. The van der Waals surface area contributed by atoms with Gasteiger partial charge in [-0.05, 0) is 30.7 Å². The van der Waals surface area contributed by atoms with Crippen molar-refractivity contribution in [2.75, 3.05) is 13.1 Å². The van der Waals surface area contributed by atoms with Gasteiger partial charge in [0.25, 0.3) is 0 Å². The number of rotatable bonds is 2. The number of halogens is 1. The van der Waals surface area contributed by atoms with Crippen LogP contribution in [-0.4, -0.2) is 31.9 Å². The quantitative estimate of drug-likeness (QED) is 0.867. The maximum absolute atomic E-state index is 12.2. The van der Waals surface area contributed by atoms with E-state index in [1.165, 1.54) is 28.6 Å². The number of hydrogen-bond acceptors (Lipinski definition) is 4. The van der Waals surface area contributed by atoms with E-state index >= 15 is 0 Å². The van der Waals surface area contributed by atoms with E-state index in [2.05, 4.69) is 0 Å². The topological polar surface area (TPSA) is 87.2 Å². The van der Waals surface area contributed by atoms with Gasteiger partial charge < -0.3 is 5.73 Å². The molecule has 0 spiro atoms. The van der Waals surface area contributed by atoms with Gasteiger partial charge in [-0.25, -0.2) is 8.42 Å². The van der Waals surface area contributed by atoms with E-state index in [9.17, 15) is 8.42 Å². The summed E-state index contributed by atoms with van der Waals surface area (Å²) in [7, 11) is -3.45. The summed E-state index contributed by atoms with van der Waals surface area (Å²) in [6.07, 6.45) is 0.690. The van der Waals surface area contributed by atoms with E-state index in [0.29, 0.717) is 25.1 Å². The van der Waals surface area contributed by atoms with E-state index in [1.807, 2.05) is 6.07 Å². The van der Waals surface area contributed by atoms with Crippen LogP contribution >= 0.6 is 12.4 Å². The highest BCUT2D eigenvalue weighted by atomic mass is 35.5. The second-order valence-electron chi connectivity index (χ2n) is 4.05. The van der Waals surface area contributed by atoms with E-state index in [-0.39, 0.29) is 23.3 Å². The first kappa shape index (κ1) is 14.9. The van der Waals surface area contributed by atoms with E-state index < -0.39 is 10.0 Å². The number of nitrogens with zero attached hydrogens (tertiary/aromatic N) is 2. The molecule has 1 heterocycles. The lowest BCUT2D eigenvalue weighted by molar-refractivity contribution is 0.472. The highest BCUT2D eigenvalue weighted by Crippen LogP contribution is 2.20. The summed E-state index contributed by atoms with van der Waals surface area (Å²) >= 11 is 0. The SMILES string of the molecule is Cl.N#Cc1ccc(S(=O)(=O)N2CC[C@H](N)C2)cc1. The van der Waals surface area contributed by atoms with Crippen molar-refractivity contribution in [1.82, 2.24) is 4.31 Å². The molecule has 1 aromatic carbocycles. The molecule has 0 aliphatic carbocycles. The average Bonchev–Trinajstić information content (AvgIpc) is 2.77. The molecule has 0 saturated carbocycles. The Bertz CT molecular complexity index is 551. The Morgan fingerprint density at radius 3 is 2.39 bits per heavy atom. The van der Waals surface area contributed by atoms with Crippen molar-refractivity contribution in [1.29, 1.82) is 5.26 Å². The van der Waals surface area contributed by atoms with Crippen LogP contribution in [0.15, 0.2) is 29.2 Å². The largest absolute Gasteiger partial charge is 0.326 e. The Kier molecular flexibility index (Phi) is 4.71. The van der Waals surface area contributed by atoms with Crippen LogP contribution < -0.4 is 5.73 Å². The van der Waals surface area contributed by atoms with Crippen LogP contribution in [0.5, 0.6) is 0 Å². The van der Waals surface area contributed by atoms with Crippen LogP contribution in [0.1, 0.15) is 12.0 Å². The molecule has 2 rings (SSSR count). The third kappa shape index (κ3) is 2.82. The molecule has 5 nitrogen and oxygen atoms in total. The van der Waals surface area contributed by atoms with Crippen LogP contribution in [0.3, 0.4) is 0 Å². The smallest absolute Gasteiger partial charge is 0.243 e. The van der Waals surface area contributed by atoms with Crippen molar-refractivity contribution >= 4 is 22.4 Å². The third-order valence-electron chi connectivity index (χ3n) is 2.81. The second-order valence-corrected chi connectivity index (χ2v) is 5.99. The Labute approximate surface area is 113 Å². The highest BCUT2D eigenvalue weighted by molar-refractivity contribution is 7.89. The zero-order chi connectivity index (χ0) is 12.5. The van der Waals surface area contributed by atoms with Gasteiger partial charge in [0.2, 0.25) is 10.0 Å². The molecule has 0 amide bonds. The summed E-state index contributed by atoms with van der Waals surface area (Å²) in [6, 6.07) is 7.79. The predicted molar refractivity (Wildman–Crippen MR) is 69.8 cm³/mol. The van der Waals surface area contributed by atoms with Gasteiger partial charge in [-0.1, -0.05) is 0 Å². The maximum atomic E-state index is 12.2. The molecule has 1 fully saturated rings. The molecule has 1 atom stereocenters. The monoisotopic (exact) mass is 287 g/mol. The molecule has 0 radical (unpaired) electrons. The lowest BCUT2D eigenvalue weighted by Crippen LogP contribution is -2.31. The standard InChI is InChI=1S/C11H13N3O2S.ClH/c12-7-9-1-3-11(4-2-9)17(15,16)14-6-5-10(13)8-14;/h1-4,10H,5-6,8,13H2;1H/t10-;/m0./s1. The van der Waals surface area contributed by atoms with Gasteiger partial charge in [0.1, 0.15) is 0 Å². The Morgan fingerprint density at radius 2 is 1.94 bits per heavy atom. The van der Waals surface area contributed by atoms with Crippen LogP contribution in [0, 0.1) is 11.3 Å². The van der Waals surface area contributed by atoms with Gasteiger partial charge in [-0.15, -0.1) is 12.4 Å². The fourth-order valence-corrected chi connectivity index (χ4v) is 3.33. The lowest BCUT2D eigenvalue weighted by Gasteiger charge is -2.15. The first-order valence-electron chi connectivity index (χ1n) is 5.30. The zero-order valence-electron chi connectivity index (χ0n) is 9.61. The molecule has 98 valence electrons. The molecule has 18 heavy (non-hydrogen) atoms. The summed E-state index contributed by atoms with van der Waals surface area (Å²) in [5, 5.41) is 8.65. The van der Waals surface area contributed by atoms with Gasteiger partial charge in [0.05, 0.1) is 16.5 Å². The number of benzene rings is 1. The highest BCUT2D eigenvalue weighted by Gasteiger charge is 2.30. The first-order chi connectivity index (χ1) is 8.04. The van der Waals surface area contributed by atoms with Crippen LogP contribution in [0.25, 0.3) is 0 Å². The third-order valence-corrected chi connectivity index (χ3v) is 4.69. The second kappa shape index (κ2) is 5.67. The lowest BCUT2D eigenvalue weighted by atomic mass is 10.2. The van der Waals surface area contributed by atoms with E-state index in [1.54, 1.807) is 0 Å². The Morgan fingerprint density at radius 1 is 1.33 bits per heavy atom. The number of nitriles is 1. The Balaban J connectivity index is 0.00000162. The van der Waals surface area contributed by atoms with Crippen LogP contribution in [0.4, 0.5) is 0 Å². The van der Waals surface area contributed by atoms with E-state index in [4.69, 9.17) is 11.0 Å². The summed E-state index contributed by atoms with van der Waals surface area (Å²) < 4.78 is 25.7. The van der Waals surface area contributed by atoms with Crippen molar-refractivity contribution in [3.05, 3.63) is 29.8 Å². The molecule has 0 aromatic heterocycles. The van der Waals surface area contributed by atoms with Crippen molar-refractivity contribution < 1.29 is 8.42 Å². The summed E-state index contributed by atoms with van der Waals surface area (Å²) in [4.78, 5) is 0.214. The van der Waals surface area contributed by atoms with Gasteiger partial charge in [0, 0.05) is 19.1 Å². The van der Waals surface area contributed by atoms with Crippen LogP contribution in [-0.2, 0) is 10.0 Å².